The molecule has 0 bridgehead atoms. The number of nitrogens with one attached hydrogen (secondary N) is 1. The van der Waals surface area contributed by atoms with Crippen molar-refractivity contribution in [2.75, 3.05) is 6.54 Å². The van der Waals surface area contributed by atoms with Crippen LogP contribution in [0.1, 0.15) is 18.0 Å². The molecule has 6 aromatic rings. The van der Waals surface area contributed by atoms with Crippen LogP contribution < -0.4 is 5.32 Å². The fraction of sp³-hybridized carbons (Fsp3) is 0.0769. The Morgan fingerprint density at radius 3 is 1.64 bits per heavy atom. The second kappa shape index (κ2) is 11.8. The van der Waals surface area contributed by atoms with E-state index >= 15 is 0 Å². The second-order valence-electron chi connectivity index (χ2n) is 10.7. The highest BCUT2D eigenvalue weighted by molar-refractivity contribution is 5.80. The first-order valence-electron chi connectivity index (χ1n) is 14.5. The van der Waals surface area contributed by atoms with Crippen LogP contribution in [0.2, 0.25) is 0 Å². The van der Waals surface area contributed by atoms with E-state index in [9.17, 15) is 0 Å². The van der Waals surface area contributed by atoms with E-state index < -0.39 is 0 Å². The van der Waals surface area contributed by atoms with Crippen LogP contribution in [0, 0.1) is 0 Å². The molecule has 202 valence electrons. The molecule has 3 heterocycles. The summed E-state index contributed by atoms with van der Waals surface area (Å²) in [6.07, 6.45) is 7.41. The lowest BCUT2D eigenvalue weighted by atomic mass is 9.92. The van der Waals surface area contributed by atoms with Gasteiger partial charge in [0.25, 0.3) is 0 Å². The maximum Gasteiger partial charge on any atom is 0.0715 e. The zero-order valence-corrected chi connectivity index (χ0v) is 23.3. The Hall–Kier alpha value is -5.12. The van der Waals surface area contributed by atoms with Gasteiger partial charge < -0.3 is 5.32 Å². The Balaban J connectivity index is 1.37. The first-order valence-corrected chi connectivity index (χ1v) is 14.5. The molecule has 0 amide bonds. The zero-order chi connectivity index (χ0) is 28.1. The van der Waals surface area contributed by atoms with Gasteiger partial charge in [0, 0.05) is 41.0 Å². The molecule has 1 aliphatic rings. The fourth-order valence-corrected chi connectivity index (χ4v) is 5.61. The van der Waals surface area contributed by atoms with Crippen LogP contribution in [0.25, 0.3) is 56.0 Å². The lowest BCUT2D eigenvalue weighted by molar-refractivity contribution is 0.555. The smallest absolute Gasteiger partial charge is 0.0715 e. The molecule has 1 N–H and O–H groups in total. The third kappa shape index (κ3) is 5.56. The summed E-state index contributed by atoms with van der Waals surface area (Å²) in [6, 6.07) is 47.1. The zero-order valence-electron chi connectivity index (χ0n) is 23.3. The van der Waals surface area contributed by atoms with E-state index in [1.54, 1.807) is 0 Å². The van der Waals surface area contributed by atoms with Crippen molar-refractivity contribution in [2.24, 2.45) is 0 Å². The molecule has 0 radical (unpaired) electrons. The highest BCUT2D eigenvalue weighted by atomic mass is 14.9. The van der Waals surface area contributed by atoms with Crippen molar-refractivity contribution in [3.05, 3.63) is 157 Å². The number of aromatic nitrogens is 2. The number of rotatable bonds is 6. The van der Waals surface area contributed by atoms with Crippen molar-refractivity contribution >= 4 is 0 Å². The van der Waals surface area contributed by atoms with Gasteiger partial charge in [-0.15, -0.1) is 0 Å². The minimum Gasteiger partial charge on any atom is -0.306 e. The molecule has 0 saturated heterocycles. The molecule has 4 aromatic carbocycles. The predicted octanol–water partition coefficient (Wildman–Crippen LogP) is 9.40. The number of hydrogen-bond donors (Lipinski definition) is 1. The van der Waals surface area contributed by atoms with Crippen LogP contribution in [-0.4, -0.2) is 16.5 Å². The van der Waals surface area contributed by atoms with Crippen LogP contribution in [-0.2, 0) is 0 Å². The van der Waals surface area contributed by atoms with Gasteiger partial charge >= 0.3 is 0 Å². The Bertz CT molecular complexity index is 1770. The number of pyridine rings is 2. The molecule has 1 atom stereocenters. The third-order valence-electron chi connectivity index (χ3n) is 7.84. The van der Waals surface area contributed by atoms with E-state index in [0.29, 0.717) is 0 Å². The van der Waals surface area contributed by atoms with E-state index in [0.717, 1.165) is 63.4 Å². The molecule has 3 nitrogen and oxygen atoms in total. The summed E-state index contributed by atoms with van der Waals surface area (Å²) in [6.45, 7) is 0.875. The van der Waals surface area contributed by atoms with Crippen LogP contribution in [0.15, 0.2) is 152 Å². The van der Waals surface area contributed by atoms with Gasteiger partial charge in [0.2, 0.25) is 0 Å². The summed E-state index contributed by atoms with van der Waals surface area (Å²) >= 11 is 0. The van der Waals surface area contributed by atoms with E-state index in [2.05, 4.69) is 133 Å². The monoisotopic (exact) mass is 541 g/mol. The average molecular weight is 542 g/mol. The maximum atomic E-state index is 5.10. The summed E-state index contributed by atoms with van der Waals surface area (Å²) in [7, 11) is 0. The van der Waals surface area contributed by atoms with Crippen LogP contribution in [0.5, 0.6) is 0 Å². The maximum absolute atomic E-state index is 5.10. The average Bonchev–Trinajstić information content (AvgIpc) is 3.09. The summed E-state index contributed by atoms with van der Waals surface area (Å²) in [5, 5.41) is 3.68. The second-order valence-corrected chi connectivity index (χ2v) is 10.7. The topological polar surface area (TPSA) is 37.8 Å². The lowest BCUT2D eigenvalue weighted by Gasteiger charge is -2.22. The van der Waals surface area contributed by atoms with Crippen molar-refractivity contribution in [2.45, 2.75) is 12.5 Å². The van der Waals surface area contributed by atoms with Gasteiger partial charge in [-0.2, -0.15) is 0 Å². The number of hydrogen-bond acceptors (Lipinski definition) is 3. The standard InChI is InChI=1S/C39H31N3/c1-4-12-28(13-5-1)31-19-20-37(41-27-31)35-23-32(22-34(24-35)36-18-10-11-21-40-36)33-25-38(29-14-6-2-7-15-29)42-39(26-33)30-16-8-3-9-17-30/h1-17,19-20,22-27,36,40H,18,21H2. The Kier molecular flexibility index (Phi) is 7.24. The molecular weight excluding hydrogens is 510 g/mol. The van der Waals surface area contributed by atoms with Gasteiger partial charge in [-0.3, -0.25) is 4.98 Å². The first kappa shape index (κ1) is 25.8. The molecule has 0 aliphatic carbocycles. The van der Waals surface area contributed by atoms with E-state index in [1.807, 2.05) is 24.4 Å². The fourth-order valence-electron chi connectivity index (χ4n) is 5.61. The van der Waals surface area contributed by atoms with Crippen LogP contribution in [0.3, 0.4) is 0 Å². The van der Waals surface area contributed by atoms with Crippen LogP contribution >= 0.6 is 0 Å². The highest BCUT2D eigenvalue weighted by Crippen LogP contribution is 2.35. The van der Waals surface area contributed by atoms with Crippen molar-refractivity contribution in [3.8, 4) is 56.0 Å². The van der Waals surface area contributed by atoms with Gasteiger partial charge in [-0.05, 0) is 65.1 Å². The molecular formula is C39H31N3. The molecule has 0 saturated carbocycles. The van der Waals surface area contributed by atoms with Crippen molar-refractivity contribution in [3.63, 3.8) is 0 Å². The largest absolute Gasteiger partial charge is 0.306 e. The number of benzene rings is 4. The van der Waals surface area contributed by atoms with Crippen LogP contribution in [0.4, 0.5) is 0 Å². The molecule has 1 unspecified atom stereocenters. The minimum atomic E-state index is 0.251. The van der Waals surface area contributed by atoms with Gasteiger partial charge in [-0.25, -0.2) is 4.98 Å². The molecule has 0 spiro atoms. The Morgan fingerprint density at radius 2 is 1.07 bits per heavy atom. The predicted molar refractivity (Wildman–Crippen MR) is 174 cm³/mol. The normalized spacial score (nSPS) is 14.5. The molecule has 1 aliphatic heterocycles. The number of nitrogens with zero attached hydrogens (tertiary/aromatic N) is 2. The Morgan fingerprint density at radius 1 is 0.476 bits per heavy atom. The minimum absolute atomic E-state index is 0.251. The van der Waals surface area contributed by atoms with E-state index in [4.69, 9.17) is 9.97 Å². The molecule has 0 fully saturated rings. The quantitative estimate of drug-likeness (QED) is 0.213. The first-order chi connectivity index (χ1) is 20.8. The Labute approximate surface area is 247 Å². The van der Waals surface area contributed by atoms with E-state index in [1.165, 1.54) is 11.1 Å². The van der Waals surface area contributed by atoms with Gasteiger partial charge in [0.1, 0.15) is 0 Å². The summed E-state index contributed by atoms with van der Waals surface area (Å²) in [5.41, 5.74) is 12.0. The third-order valence-corrected chi connectivity index (χ3v) is 7.84. The molecule has 7 rings (SSSR count). The lowest BCUT2D eigenvalue weighted by Crippen LogP contribution is -2.23. The summed E-state index contributed by atoms with van der Waals surface area (Å²) < 4.78 is 0. The molecule has 3 heteroatoms. The highest BCUT2D eigenvalue weighted by Gasteiger charge is 2.17. The van der Waals surface area contributed by atoms with Crippen molar-refractivity contribution < 1.29 is 0 Å². The van der Waals surface area contributed by atoms with Gasteiger partial charge in [0.15, 0.2) is 0 Å². The summed E-state index contributed by atoms with van der Waals surface area (Å²) in [4.78, 5) is 10.0. The van der Waals surface area contributed by atoms with Crippen molar-refractivity contribution in [1.29, 1.82) is 0 Å². The molecule has 42 heavy (non-hydrogen) atoms. The molecule has 2 aromatic heterocycles. The van der Waals surface area contributed by atoms with Gasteiger partial charge in [-0.1, -0.05) is 109 Å². The van der Waals surface area contributed by atoms with Crippen molar-refractivity contribution in [1.82, 2.24) is 15.3 Å². The van der Waals surface area contributed by atoms with E-state index in [-0.39, 0.29) is 6.04 Å². The van der Waals surface area contributed by atoms with Gasteiger partial charge in [0.05, 0.1) is 17.1 Å². The summed E-state index contributed by atoms with van der Waals surface area (Å²) in [5.74, 6) is 0. The SMILES string of the molecule is C1=CCC(c2cc(-c3cc(-c4ccccc4)nc(-c4ccccc4)c3)cc(-c3ccc(-c4ccccc4)cn3)c2)NC1.